The van der Waals surface area contributed by atoms with Gasteiger partial charge in [-0.05, 0) is 0 Å². The number of aliphatic hydroxyl groups excluding tert-OH is 1. The van der Waals surface area contributed by atoms with Crippen LogP contribution in [-0.4, -0.2) is 60.5 Å². The Hall–Kier alpha value is 1.27. The van der Waals surface area contributed by atoms with Crippen molar-refractivity contribution in [2.24, 2.45) is 0 Å². The summed E-state index contributed by atoms with van der Waals surface area (Å²) in [5.41, 5.74) is 0. The van der Waals surface area contributed by atoms with Crippen LogP contribution in [0.5, 0.6) is 0 Å². The van der Waals surface area contributed by atoms with Crippen molar-refractivity contribution in [1.82, 2.24) is 0 Å². The molecule has 0 unspecified atom stereocenters. The maximum absolute atomic E-state index is 9.12. The topological polar surface area (TPSA) is 57.5 Å². The number of carbonyl (C=O) groups is 1. The van der Waals surface area contributed by atoms with E-state index >= 15 is 0 Å². The first kappa shape index (κ1) is 22.8. The number of aliphatic hydroxyl groups is 1. The Bertz CT molecular complexity index is 50.5. The molecular formula is C2H4CaCl2O3. The summed E-state index contributed by atoms with van der Waals surface area (Å²) in [5.74, 6) is -1.19. The quantitative estimate of drug-likeness (QED) is 0.401. The number of rotatable bonds is 1. The van der Waals surface area contributed by atoms with Crippen LogP contribution in [0.3, 0.4) is 0 Å². The minimum atomic E-state index is -1.19. The molecule has 0 rings (SSSR count). The average Bonchev–Trinajstić information content (AvgIpc) is 1.38. The van der Waals surface area contributed by atoms with E-state index in [1.165, 1.54) is 0 Å². The molecule has 0 bridgehead atoms. The molecule has 6 heteroatoms. The standard InChI is InChI=1S/C2H4O3.Ca.2ClH/c3-1-2(4)5;;;/h3H,1H2,(H,4,5);;2*1H/q;+2;;/p-2. The summed E-state index contributed by atoms with van der Waals surface area (Å²) < 4.78 is 0. The molecule has 0 atom stereocenters. The molecule has 0 aliphatic rings. The summed E-state index contributed by atoms with van der Waals surface area (Å²) >= 11 is 0. The van der Waals surface area contributed by atoms with E-state index in [4.69, 9.17) is 15.0 Å². The van der Waals surface area contributed by atoms with Crippen LogP contribution in [0.4, 0.5) is 0 Å². The Labute approximate surface area is 89.3 Å². The molecule has 0 aromatic heterocycles. The first-order valence-corrected chi connectivity index (χ1v) is 1.10. The van der Waals surface area contributed by atoms with Gasteiger partial charge in [0.15, 0.2) is 0 Å². The molecular weight excluding hydrogens is 183 g/mol. The van der Waals surface area contributed by atoms with Gasteiger partial charge in [-0.1, -0.05) is 0 Å². The predicted octanol–water partition coefficient (Wildman–Crippen LogP) is -7.31. The normalized spacial score (nSPS) is 4.62. The monoisotopic (exact) mass is 186 g/mol. The Morgan fingerprint density at radius 1 is 1.38 bits per heavy atom. The van der Waals surface area contributed by atoms with Crippen LogP contribution in [0.25, 0.3) is 0 Å². The van der Waals surface area contributed by atoms with Crippen molar-refractivity contribution in [2.75, 3.05) is 6.61 Å². The van der Waals surface area contributed by atoms with E-state index in [1.807, 2.05) is 0 Å². The van der Waals surface area contributed by atoms with Gasteiger partial charge in [-0.2, -0.15) is 0 Å². The van der Waals surface area contributed by atoms with E-state index in [0.29, 0.717) is 0 Å². The van der Waals surface area contributed by atoms with E-state index in [0.717, 1.165) is 0 Å². The van der Waals surface area contributed by atoms with Crippen molar-refractivity contribution < 1.29 is 39.8 Å². The summed E-state index contributed by atoms with van der Waals surface area (Å²) in [6.07, 6.45) is 0. The van der Waals surface area contributed by atoms with E-state index in [2.05, 4.69) is 0 Å². The molecule has 0 aromatic rings. The fourth-order valence-corrected chi connectivity index (χ4v) is 0. The average molecular weight is 187 g/mol. The molecule has 0 radical (unpaired) electrons. The van der Waals surface area contributed by atoms with Crippen molar-refractivity contribution in [3.63, 3.8) is 0 Å². The SMILES string of the molecule is O=C(O)CO.[Ca+2].[Cl-].[Cl-]. The Kier molecular flexibility index (Phi) is 44.9. The molecule has 0 aliphatic carbocycles. The largest absolute Gasteiger partial charge is 2.00 e. The number of halogens is 2. The number of carboxylic acids is 1. The third-order valence-corrected chi connectivity index (χ3v) is 0.135. The van der Waals surface area contributed by atoms with E-state index in [1.54, 1.807) is 0 Å². The van der Waals surface area contributed by atoms with Crippen molar-refractivity contribution in [3.05, 3.63) is 0 Å². The second-order valence-electron chi connectivity index (χ2n) is 0.552. The number of hydrogen-bond acceptors (Lipinski definition) is 2. The van der Waals surface area contributed by atoms with Gasteiger partial charge >= 0.3 is 43.7 Å². The number of aliphatic carboxylic acids is 1. The molecule has 0 amide bonds. The Balaban J connectivity index is -0.0000000267. The molecule has 0 spiro atoms. The molecule has 0 fully saturated rings. The fourth-order valence-electron chi connectivity index (χ4n) is 0. The van der Waals surface area contributed by atoms with Gasteiger partial charge in [0, 0.05) is 0 Å². The third kappa shape index (κ3) is 26.7. The molecule has 46 valence electrons. The van der Waals surface area contributed by atoms with Crippen LogP contribution < -0.4 is 24.8 Å². The van der Waals surface area contributed by atoms with Gasteiger partial charge in [-0.15, -0.1) is 0 Å². The van der Waals surface area contributed by atoms with Crippen LogP contribution in [0.15, 0.2) is 0 Å². The van der Waals surface area contributed by atoms with Crippen molar-refractivity contribution in [2.45, 2.75) is 0 Å². The van der Waals surface area contributed by atoms with Crippen molar-refractivity contribution in [1.29, 1.82) is 0 Å². The maximum Gasteiger partial charge on any atom is 2.00 e. The van der Waals surface area contributed by atoms with Gasteiger partial charge in [0.2, 0.25) is 0 Å². The van der Waals surface area contributed by atoms with Crippen LogP contribution in [-0.2, 0) is 4.79 Å². The van der Waals surface area contributed by atoms with Crippen molar-refractivity contribution >= 4 is 43.7 Å². The van der Waals surface area contributed by atoms with Gasteiger partial charge in [0.05, 0.1) is 0 Å². The van der Waals surface area contributed by atoms with E-state index < -0.39 is 12.6 Å². The first-order chi connectivity index (χ1) is 2.27. The maximum atomic E-state index is 9.12. The van der Waals surface area contributed by atoms with Crippen LogP contribution in [0.1, 0.15) is 0 Å². The van der Waals surface area contributed by atoms with Crippen LogP contribution in [0, 0.1) is 0 Å². The second-order valence-corrected chi connectivity index (χ2v) is 0.552. The minimum Gasteiger partial charge on any atom is -1.00 e. The molecule has 3 nitrogen and oxygen atoms in total. The fraction of sp³-hybridized carbons (Fsp3) is 0.500. The minimum absolute atomic E-state index is 0. The van der Waals surface area contributed by atoms with E-state index in [9.17, 15) is 0 Å². The predicted molar refractivity (Wildman–Crippen MR) is 20.5 cm³/mol. The zero-order valence-electron chi connectivity index (χ0n) is 3.97. The molecule has 2 N–H and O–H groups in total. The molecule has 0 heterocycles. The smallest absolute Gasteiger partial charge is 1.00 e. The zero-order valence-corrected chi connectivity index (χ0v) is 7.69. The van der Waals surface area contributed by atoms with Gasteiger partial charge in [-0.25, -0.2) is 4.79 Å². The summed E-state index contributed by atoms with van der Waals surface area (Å²) in [6.45, 7) is -0.778. The zero-order chi connectivity index (χ0) is 4.28. The van der Waals surface area contributed by atoms with Crippen molar-refractivity contribution in [3.8, 4) is 0 Å². The Morgan fingerprint density at radius 3 is 1.50 bits per heavy atom. The molecule has 0 aromatic carbocycles. The van der Waals surface area contributed by atoms with Crippen LogP contribution >= 0.6 is 0 Å². The summed E-state index contributed by atoms with van der Waals surface area (Å²) in [7, 11) is 0. The number of carboxylic acid groups (broad SMARTS) is 1. The number of hydrogen-bond donors (Lipinski definition) is 2. The summed E-state index contributed by atoms with van der Waals surface area (Å²) in [4.78, 5) is 9.12. The molecule has 0 aliphatic heterocycles. The van der Waals surface area contributed by atoms with E-state index in [-0.39, 0.29) is 62.6 Å². The summed E-state index contributed by atoms with van der Waals surface area (Å²) in [5, 5.41) is 15.0. The second kappa shape index (κ2) is 15.7. The first-order valence-electron chi connectivity index (χ1n) is 1.10. The molecule has 0 saturated carbocycles. The van der Waals surface area contributed by atoms with Gasteiger partial charge in [0.1, 0.15) is 6.61 Å². The Morgan fingerprint density at radius 2 is 1.50 bits per heavy atom. The van der Waals surface area contributed by atoms with Gasteiger partial charge < -0.3 is 35.0 Å². The van der Waals surface area contributed by atoms with Gasteiger partial charge in [-0.3, -0.25) is 0 Å². The van der Waals surface area contributed by atoms with Gasteiger partial charge in [0.25, 0.3) is 0 Å². The molecule has 8 heavy (non-hydrogen) atoms. The summed E-state index contributed by atoms with van der Waals surface area (Å²) in [6, 6.07) is 0. The van der Waals surface area contributed by atoms with Crippen LogP contribution in [0.2, 0.25) is 0 Å². The third-order valence-electron chi connectivity index (χ3n) is 0.135. The molecule has 0 saturated heterocycles.